The van der Waals surface area contributed by atoms with Crippen LogP contribution >= 0.6 is 0 Å². The number of carbonyl (C=O) groups excluding carboxylic acids is 1. The van der Waals surface area contributed by atoms with Gasteiger partial charge in [0.15, 0.2) is 5.69 Å². The van der Waals surface area contributed by atoms with Crippen molar-refractivity contribution in [2.75, 3.05) is 7.11 Å². The molecule has 2 aromatic rings. The summed E-state index contributed by atoms with van der Waals surface area (Å²) in [6.45, 7) is 1.63. The third kappa shape index (κ3) is 3.89. The number of nitrogens with zero attached hydrogens (tertiary/aromatic N) is 2. The maximum atomic E-state index is 12.7. The monoisotopic (exact) mass is 338 g/mol. The van der Waals surface area contributed by atoms with Crippen LogP contribution in [0.4, 0.5) is 13.2 Å². The Hall–Kier alpha value is -2.90. The molecule has 0 aliphatic carbocycles. The van der Waals surface area contributed by atoms with Gasteiger partial charge in [-0.1, -0.05) is 24.3 Å². The lowest BCUT2D eigenvalue weighted by Gasteiger charge is -2.12. The van der Waals surface area contributed by atoms with Crippen molar-refractivity contribution >= 4 is 11.5 Å². The van der Waals surface area contributed by atoms with Crippen molar-refractivity contribution in [3.05, 3.63) is 53.9 Å². The normalized spacial score (nSPS) is 12.0. The van der Waals surface area contributed by atoms with Gasteiger partial charge in [-0.05, 0) is 19.1 Å². The van der Waals surface area contributed by atoms with Crippen LogP contribution in [0.2, 0.25) is 0 Å². The third-order valence-corrected chi connectivity index (χ3v) is 3.00. The Balaban J connectivity index is 2.40. The molecule has 0 atom stereocenters. The van der Waals surface area contributed by atoms with E-state index in [0.29, 0.717) is 5.56 Å². The van der Waals surface area contributed by atoms with Gasteiger partial charge in [0.1, 0.15) is 5.75 Å². The molecular formula is C16H13F3N2O3. The largest absolute Gasteiger partial charge is 0.465 e. The van der Waals surface area contributed by atoms with E-state index in [1.165, 1.54) is 19.3 Å². The first-order chi connectivity index (χ1) is 11.4. The van der Waals surface area contributed by atoms with Crippen LogP contribution in [0.1, 0.15) is 18.2 Å². The molecule has 0 radical (unpaired) electrons. The first-order valence-electron chi connectivity index (χ1n) is 6.79. The third-order valence-electron chi connectivity index (χ3n) is 3.00. The van der Waals surface area contributed by atoms with Gasteiger partial charge >= 0.3 is 18.2 Å². The van der Waals surface area contributed by atoms with Crippen LogP contribution < -0.4 is 4.74 Å². The van der Waals surface area contributed by atoms with Gasteiger partial charge in [0.05, 0.1) is 12.7 Å². The number of allylic oxidation sites excluding steroid dienone is 1. The summed E-state index contributed by atoms with van der Waals surface area (Å²) in [7, 11) is 1.23. The predicted octanol–water partition coefficient (Wildman–Crippen LogP) is 3.86. The lowest BCUT2D eigenvalue weighted by Crippen LogP contribution is -2.09. The fourth-order valence-corrected chi connectivity index (χ4v) is 1.92. The molecule has 1 heterocycles. The summed E-state index contributed by atoms with van der Waals surface area (Å²) in [5.74, 6) is -0.464. The van der Waals surface area contributed by atoms with Crippen molar-refractivity contribution in [1.82, 2.24) is 9.97 Å². The topological polar surface area (TPSA) is 61.3 Å². The summed E-state index contributed by atoms with van der Waals surface area (Å²) in [6, 6.07) is 6.60. The van der Waals surface area contributed by atoms with Gasteiger partial charge in [-0.25, -0.2) is 9.78 Å². The van der Waals surface area contributed by atoms with E-state index < -0.39 is 23.8 Å². The van der Waals surface area contributed by atoms with E-state index in [1.54, 1.807) is 25.1 Å². The average Bonchev–Trinajstić information content (AvgIpc) is 2.56. The van der Waals surface area contributed by atoms with Gasteiger partial charge in [-0.2, -0.15) is 18.2 Å². The molecule has 8 heteroatoms. The highest BCUT2D eigenvalue weighted by molar-refractivity contribution is 6.17. The Bertz CT molecular complexity index is 773. The zero-order valence-corrected chi connectivity index (χ0v) is 12.8. The molecule has 1 aromatic heterocycles. The van der Waals surface area contributed by atoms with Crippen LogP contribution in [0.25, 0.3) is 5.57 Å². The van der Waals surface area contributed by atoms with E-state index >= 15 is 0 Å². The number of benzene rings is 1. The zero-order chi connectivity index (χ0) is 17.7. The van der Waals surface area contributed by atoms with Gasteiger partial charge in [0, 0.05) is 11.8 Å². The van der Waals surface area contributed by atoms with Gasteiger partial charge in [-0.15, -0.1) is 0 Å². The summed E-state index contributed by atoms with van der Waals surface area (Å²) in [4.78, 5) is 18.8. The number of halogens is 3. The van der Waals surface area contributed by atoms with E-state index in [2.05, 4.69) is 14.7 Å². The number of para-hydroxylation sites is 1. The Morgan fingerprint density at radius 3 is 2.54 bits per heavy atom. The van der Waals surface area contributed by atoms with Crippen LogP contribution in [-0.4, -0.2) is 23.0 Å². The van der Waals surface area contributed by atoms with E-state index in [9.17, 15) is 18.0 Å². The number of ether oxygens (including phenoxy) is 2. The summed E-state index contributed by atoms with van der Waals surface area (Å²) in [5.41, 5.74) is -0.558. The minimum Gasteiger partial charge on any atom is -0.465 e. The lowest BCUT2D eigenvalue weighted by molar-refractivity contribution is -0.141. The van der Waals surface area contributed by atoms with Crippen LogP contribution in [0, 0.1) is 0 Å². The number of rotatable bonds is 4. The smallest absolute Gasteiger partial charge is 0.433 e. The van der Waals surface area contributed by atoms with Gasteiger partial charge < -0.3 is 9.47 Å². The first-order valence-corrected chi connectivity index (χ1v) is 6.79. The summed E-state index contributed by atoms with van der Waals surface area (Å²) in [5, 5.41) is 0. The van der Waals surface area contributed by atoms with E-state index in [1.807, 2.05) is 0 Å². The molecule has 126 valence electrons. The van der Waals surface area contributed by atoms with E-state index in [0.717, 1.165) is 12.3 Å². The predicted molar refractivity (Wildman–Crippen MR) is 79.2 cm³/mol. The van der Waals surface area contributed by atoms with E-state index in [4.69, 9.17) is 4.74 Å². The van der Waals surface area contributed by atoms with Crippen molar-refractivity contribution in [2.24, 2.45) is 0 Å². The lowest BCUT2D eigenvalue weighted by atomic mass is 10.0. The zero-order valence-electron chi connectivity index (χ0n) is 12.8. The van der Waals surface area contributed by atoms with E-state index in [-0.39, 0.29) is 11.3 Å². The van der Waals surface area contributed by atoms with Crippen LogP contribution in [0.15, 0.2) is 42.6 Å². The number of hydrogen-bond acceptors (Lipinski definition) is 5. The number of hydrogen-bond donors (Lipinski definition) is 0. The Labute approximate surface area is 135 Å². The molecule has 0 bridgehead atoms. The van der Waals surface area contributed by atoms with Crippen LogP contribution in [-0.2, 0) is 15.7 Å². The molecule has 0 spiro atoms. The molecule has 0 saturated carbocycles. The van der Waals surface area contributed by atoms with Crippen LogP contribution in [0.3, 0.4) is 0 Å². The number of aromatic nitrogens is 2. The highest BCUT2D eigenvalue weighted by atomic mass is 19.4. The molecule has 0 aliphatic heterocycles. The molecule has 2 rings (SSSR count). The first kappa shape index (κ1) is 17.5. The fourth-order valence-electron chi connectivity index (χ4n) is 1.92. The Morgan fingerprint density at radius 2 is 1.92 bits per heavy atom. The molecule has 0 saturated heterocycles. The molecule has 1 aromatic carbocycles. The number of esters is 1. The van der Waals surface area contributed by atoms with Crippen LogP contribution in [0.5, 0.6) is 11.8 Å². The second kappa shape index (κ2) is 7.12. The molecule has 5 nitrogen and oxygen atoms in total. The van der Waals surface area contributed by atoms with Crippen molar-refractivity contribution in [3.63, 3.8) is 0 Å². The van der Waals surface area contributed by atoms with Gasteiger partial charge in [0.2, 0.25) is 0 Å². The minimum atomic E-state index is -4.61. The van der Waals surface area contributed by atoms with Gasteiger partial charge in [-0.3, -0.25) is 0 Å². The summed E-state index contributed by atoms with van der Waals surface area (Å²) < 4.78 is 48.1. The highest BCUT2D eigenvalue weighted by Gasteiger charge is 2.33. The molecule has 0 N–H and O–H groups in total. The second-order valence-electron chi connectivity index (χ2n) is 4.51. The Kier molecular flexibility index (Phi) is 5.18. The van der Waals surface area contributed by atoms with Crippen molar-refractivity contribution in [2.45, 2.75) is 13.1 Å². The van der Waals surface area contributed by atoms with Gasteiger partial charge in [0.25, 0.3) is 0 Å². The number of carbonyl (C=O) groups is 1. The minimum absolute atomic E-state index is 0.135. The summed E-state index contributed by atoms with van der Waals surface area (Å²) in [6.07, 6.45) is -2.15. The quantitative estimate of drug-likeness (QED) is 0.626. The molecular weight excluding hydrogens is 325 g/mol. The van der Waals surface area contributed by atoms with Crippen molar-refractivity contribution in [3.8, 4) is 11.8 Å². The standard InChI is InChI=1S/C16H13F3N2O3/c1-3-10(14(22)23-2)11-6-4-5-7-12(11)24-15-20-9-8-13(21-15)16(17,18)19/h3-9H,1-2H3. The molecule has 0 aliphatic rings. The maximum Gasteiger partial charge on any atom is 0.433 e. The second-order valence-corrected chi connectivity index (χ2v) is 4.51. The number of alkyl halides is 3. The van der Waals surface area contributed by atoms with Crippen molar-refractivity contribution < 1.29 is 27.4 Å². The molecule has 0 fully saturated rings. The summed E-state index contributed by atoms with van der Waals surface area (Å²) >= 11 is 0. The average molecular weight is 338 g/mol. The highest BCUT2D eigenvalue weighted by Crippen LogP contribution is 2.32. The van der Waals surface area contributed by atoms with Crippen molar-refractivity contribution in [1.29, 1.82) is 0 Å². The molecule has 24 heavy (non-hydrogen) atoms. The SMILES string of the molecule is CC=C(C(=O)OC)c1ccccc1Oc1nccc(C(F)(F)F)n1. The fraction of sp³-hybridized carbons (Fsp3) is 0.188. The maximum absolute atomic E-state index is 12.7. The Morgan fingerprint density at radius 1 is 1.21 bits per heavy atom. The molecule has 0 amide bonds. The molecule has 0 unspecified atom stereocenters. The number of methoxy groups -OCH3 is 1.